The number of aromatic carboxylic acids is 1. The summed E-state index contributed by atoms with van der Waals surface area (Å²) in [4.78, 5) is 15.9. The highest BCUT2D eigenvalue weighted by Crippen LogP contribution is 2.30. The van der Waals surface area contributed by atoms with Crippen LogP contribution in [0, 0.1) is 6.92 Å². The first-order valence-corrected chi connectivity index (χ1v) is 6.44. The van der Waals surface area contributed by atoms with Gasteiger partial charge >= 0.3 is 5.97 Å². The molecule has 0 aliphatic rings. The maximum absolute atomic E-state index is 11.2. The van der Waals surface area contributed by atoms with Gasteiger partial charge in [-0.1, -0.05) is 19.1 Å². The smallest absolute Gasteiger partial charge is 0.348 e. The molecule has 3 N–H and O–H groups in total. The Morgan fingerprint density at radius 1 is 1.50 bits per heavy atom. The van der Waals surface area contributed by atoms with E-state index in [4.69, 9.17) is 5.73 Å². The summed E-state index contributed by atoms with van der Waals surface area (Å²) in [6, 6.07) is 5.50. The van der Waals surface area contributed by atoms with Crippen molar-refractivity contribution in [1.82, 2.24) is 4.98 Å². The molecule has 0 saturated carbocycles. The van der Waals surface area contributed by atoms with Crippen LogP contribution in [0.3, 0.4) is 0 Å². The molecule has 0 fully saturated rings. The molecule has 0 unspecified atom stereocenters. The third-order valence-corrected chi connectivity index (χ3v) is 3.91. The molecule has 0 spiro atoms. The van der Waals surface area contributed by atoms with E-state index in [0.717, 1.165) is 22.6 Å². The van der Waals surface area contributed by atoms with Gasteiger partial charge in [-0.25, -0.2) is 9.78 Å². The molecule has 1 aromatic carbocycles. The maximum atomic E-state index is 11.2. The summed E-state index contributed by atoms with van der Waals surface area (Å²) in [5.41, 5.74) is 8.74. The summed E-state index contributed by atoms with van der Waals surface area (Å²) in [5, 5.41) is 10.0. The van der Waals surface area contributed by atoms with E-state index in [2.05, 4.69) is 4.98 Å². The molecule has 0 bridgehead atoms. The lowest BCUT2D eigenvalue weighted by atomic mass is 10.1. The summed E-state index contributed by atoms with van der Waals surface area (Å²) >= 11 is 1.22. The van der Waals surface area contributed by atoms with Crippen LogP contribution in [0.4, 0.5) is 5.69 Å². The fourth-order valence-electron chi connectivity index (χ4n) is 1.64. The molecule has 0 atom stereocenters. The molecule has 0 radical (unpaired) electrons. The number of nitrogens with zero attached hydrogens (tertiary/aromatic N) is 1. The number of benzene rings is 1. The highest BCUT2D eigenvalue weighted by molar-refractivity contribution is 7.14. The van der Waals surface area contributed by atoms with Crippen molar-refractivity contribution < 1.29 is 9.90 Å². The zero-order valence-corrected chi connectivity index (χ0v) is 11.0. The highest BCUT2D eigenvalue weighted by Gasteiger charge is 2.18. The fourth-order valence-corrected chi connectivity index (χ4v) is 2.51. The van der Waals surface area contributed by atoms with Gasteiger partial charge in [-0.05, 0) is 25.0 Å². The van der Waals surface area contributed by atoms with Gasteiger partial charge in [0.2, 0.25) is 0 Å². The third-order valence-electron chi connectivity index (χ3n) is 2.72. The highest BCUT2D eigenvalue weighted by atomic mass is 32.1. The average molecular weight is 262 g/mol. The molecule has 0 aliphatic heterocycles. The Labute approximate surface area is 109 Å². The number of nitrogen functional groups attached to an aromatic ring is 1. The van der Waals surface area contributed by atoms with Crippen molar-refractivity contribution >= 4 is 23.0 Å². The molecular formula is C13H14N2O2S. The second-order valence-corrected chi connectivity index (χ2v) is 5.10. The van der Waals surface area contributed by atoms with Crippen LogP contribution in [-0.4, -0.2) is 16.1 Å². The van der Waals surface area contributed by atoms with Crippen LogP contribution < -0.4 is 5.73 Å². The molecule has 2 rings (SSSR count). The Kier molecular flexibility index (Phi) is 3.34. The Morgan fingerprint density at radius 2 is 2.22 bits per heavy atom. The molecule has 0 aliphatic carbocycles. The predicted octanol–water partition coefficient (Wildman–Crippen LogP) is 2.96. The minimum atomic E-state index is -0.943. The molecule has 94 valence electrons. The van der Waals surface area contributed by atoms with Gasteiger partial charge in [-0.3, -0.25) is 0 Å². The quantitative estimate of drug-likeness (QED) is 0.834. The number of carbonyl (C=O) groups is 1. The van der Waals surface area contributed by atoms with Crippen LogP contribution in [0.15, 0.2) is 18.2 Å². The van der Waals surface area contributed by atoms with Crippen molar-refractivity contribution in [2.24, 2.45) is 0 Å². The standard InChI is InChI=1S/C13H14N2O2S/c1-3-10-15-11(12(18-10)13(16)17)8-5-4-7(2)9(14)6-8/h4-6H,3,14H2,1-2H3,(H,16,17). The van der Waals surface area contributed by atoms with Gasteiger partial charge in [0.15, 0.2) is 0 Å². The zero-order chi connectivity index (χ0) is 13.3. The second-order valence-electron chi connectivity index (χ2n) is 4.02. The Balaban J connectivity index is 2.58. The zero-order valence-electron chi connectivity index (χ0n) is 10.2. The van der Waals surface area contributed by atoms with E-state index >= 15 is 0 Å². The monoisotopic (exact) mass is 262 g/mol. The van der Waals surface area contributed by atoms with E-state index in [9.17, 15) is 9.90 Å². The lowest BCUT2D eigenvalue weighted by molar-refractivity contribution is 0.0702. The number of hydrogen-bond donors (Lipinski definition) is 2. The lowest BCUT2D eigenvalue weighted by Crippen LogP contribution is -1.96. The molecule has 5 heteroatoms. The van der Waals surface area contributed by atoms with Crippen LogP contribution in [0.2, 0.25) is 0 Å². The van der Waals surface area contributed by atoms with Gasteiger partial charge in [0.05, 0.1) is 10.7 Å². The minimum absolute atomic E-state index is 0.273. The van der Waals surface area contributed by atoms with Gasteiger partial charge in [0.25, 0.3) is 0 Å². The molecule has 0 saturated heterocycles. The van der Waals surface area contributed by atoms with E-state index in [0.29, 0.717) is 11.4 Å². The van der Waals surface area contributed by atoms with E-state index in [1.54, 1.807) is 6.07 Å². The van der Waals surface area contributed by atoms with Crippen LogP contribution in [0.5, 0.6) is 0 Å². The molecule has 1 heterocycles. The van der Waals surface area contributed by atoms with Crippen molar-refractivity contribution in [2.45, 2.75) is 20.3 Å². The Morgan fingerprint density at radius 3 is 2.78 bits per heavy atom. The molecule has 18 heavy (non-hydrogen) atoms. The SMILES string of the molecule is CCc1nc(-c2ccc(C)c(N)c2)c(C(=O)O)s1. The van der Waals surface area contributed by atoms with Gasteiger partial charge in [-0.2, -0.15) is 0 Å². The minimum Gasteiger partial charge on any atom is -0.477 e. The summed E-state index contributed by atoms with van der Waals surface area (Å²) in [5.74, 6) is -0.943. The van der Waals surface area contributed by atoms with Crippen molar-refractivity contribution in [3.8, 4) is 11.3 Å². The fraction of sp³-hybridized carbons (Fsp3) is 0.231. The number of carboxylic acids is 1. The summed E-state index contributed by atoms with van der Waals surface area (Å²) < 4.78 is 0. The average Bonchev–Trinajstić information content (AvgIpc) is 2.77. The summed E-state index contributed by atoms with van der Waals surface area (Å²) in [6.45, 7) is 3.87. The Hall–Kier alpha value is -1.88. The third kappa shape index (κ3) is 2.22. The van der Waals surface area contributed by atoms with Crippen molar-refractivity contribution in [1.29, 1.82) is 0 Å². The first kappa shape index (κ1) is 12.6. The number of hydrogen-bond acceptors (Lipinski definition) is 4. The molecule has 2 aromatic rings. The second kappa shape index (κ2) is 4.78. The summed E-state index contributed by atoms with van der Waals surface area (Å²) in [7, 11) is 0. The molecular weight excluding hydrogens is 248 g/mol. The largest absolute Gasteiger partial charge is 0.477 e. The predicted molar refractivity (Wildman–Crippen MR) is 73.0 cm³/mol. The van der Waals surface area contributed by atoms with Crippen LogP contribution in [0.1, 0.15) is 27.2 Å². The van der Waals surface area contributed by atoms with Crippen LogP contribution >= 0.6 is 11.3 Å². The van der Waals surface area contributed by atoms with Gasteiger partial charge in [0, 0.05) is 11.3 Å². The number of rotatable bonds is 3. The normalized spacial score (nSPS) is 10.6. The topological polar surface area (TPSA) is 76.2 Å². The van der Waals surface area contributed by atoms with E-state index in [1.165, 1.54) is 11.3 Å². The van der Waals surface area contributed by atoms with Crippen LogP contribution in [-0.2, 0) is 6.42 Å². The van der Waals surface area contributed by atoms with Gasteiger partial charge < -0.3 is 10.8 Å². The number of carboxylic acid groups (broad SMARTS) is 1. The lowest BCUT2D eigenvalue weighted by Gasteiger charge is -2.03. The first-order valence-electron chi connectivity index (χ1n) is 5.62. The molecule has 0 amide bonds. The van der Waals surface area contributed by atoms with Gasteiger partial charge in [-0.15, -0.1) is 11.3 Å². The molecule has 1 aromatic heterocycles. The molecule has 4 nitrogen and oxygen atoms in total. The number of thiazole rings is 1. The number of anilines is 1. The Bertz CT molecular complexity index is 605. The number of nitrogens with two attached hydrogens (primary N) is 1. The van der Waals surface area contributed by atoms with E-state index in [-0.39, 0.29) is 4.88 Å². The maximum Gasteiger partial charge on any atom is 0.348 e. The summed E-state index contributed by atoms with van der Waals surface area (Å²) in [6.07, 6.45) is 0.728. The van der Waals surface area contributed by atoms with Gasteiger partial charge in [0.1, 0.15) is 4.88 Å². The number of aromatic nitrogens is 1. The van der Waals surface area contributed by atoms with E-state index < -0.39 is 5.97 Å². The van der Waals surface area contributed by atoms with Crippen molar-refractivity contribution in [3.63, 3.8) is 0 Å². The van der Waals surface area contributed by atoms with Crippen LogP contribution in [0.25, 0.3) is 11.3 Å². The van der Waals surface area contributed by atoms with Crippen molar-refractivity contribution in [3.05, 3.63) is 33.6 Å². The van der Waals surface area contributed by atoms with E-state index in [1.807, 2.05) is 26.0 Å². The number of aryl methyl sites for hydroxylation is 2. The van der Waals surface area contributed by atoms with Crippen molar-refractivity contribution in [2.75, 3.05) is 5.73 Å². The first-order chi connectivity index (χ1) is 8.52.